The molecule has 0 heterocycles. The summed E-state index contributed by atoms with van der Waals surface area (Å²) in [7, 11) is 0. The molecule has 4 fully saturated rings. The first-order valence-corrected chi connectivity index (χ1v) is 10.5. The summed E-state index contributed by atoms with van der Waals surface area (Å²) in [5, 5.41) is 0. The summed E-state index contributed by atoms with van der Waals surface area (Å²) in [5.41, 5.74) is 0.943. The molecule has 0 radical (unpaired) electrons. The maximum absolute atomic E-state index is 11.9. The van der Waals surface area contributed by atoms with Gasteiger partial charge in [-0.15, -0.1) is 0 Å². The van der Waals surface area contributed by atoms with E-state index in [9.17, 15) is 4.79 Å². The second-order valence-corrected chi connectivity index (χ2v) is 9.92. The quantitative estimate of drug-likeness (QED) is 0.582. The molecule has 0 spiro atoms. The summed E-state index contributed by atoms with van der Waals surface area (Å²) in [5.74, 6) is 4.87. The summed E-state index contributed by atoms with van der Waals surface area (Å²) >= 11 is 0. The molecule has 0 amide bonds. The molecule has 1 heteroatoms. The van der Waals surface area contributed by atoms with Gasteiger partial charge in [-0.2, -0.15) is 0 Å². The van der Waals surface area contributed by atoms with Crippen LogP contribution in [0.5, 0.6) is 0 Å². The number of fused-ring (bicyclic) bond motifs is 5. The molecule has 0 aromatic heterocycles. The normalized spacial score (nSPS) is 55.6. The third-order valence-corrected chi connectivity index (χ3v) is 9.68. The maximum Gasteiger partial charge on any atom is 0.123 e. The van der Waals surface area contributed by atoms with E-state index < -0.39 is 0 Å². The minimum Gasteiger partial charge on any atom is -0.303 e. The molecule has 0 aliphatic heterocycles. The zero-order chi connectivity index (χ0) is 16.2. The van der Waals surface area contributed by atoms with Gasteiger partial charge in [-0.3, -0.25) is 0 Å². The first kappa shape index (κ1) is 16.2. The zero-order valence-corrected chi connectivity index (χ0v) is 15.5. The van der Waals surface area contributed by atoms with E-state index in [4.69, 9.17) is 0 Å². The Balaban J connectivity index is 1.67. The molecule has 0 saturated heterocycles. The Morgan fingerprint density at radius 3 is 2.52 bits per heavy atom. The molecule has 0 N–H and O–H groups in total. The molecular formula is C22H36O. The zero-order valence-electron chi connectivity index (χ0n) is 15.5. The standard InChI is InChI=1S/C22H36O/c1-4-15-9-11-19-18-10-8-16-6-5-7-17(14-23)22(16,3)20(18)12-13-21(15,19)2/h14-20H,4-13H2,1-3H3/t15-,16?,17?,18-,19-,20-,21+,22+/m0/s1. The summed E-state index contributed by atoms with van der Waals surface area (Å²) in [6.45, 7) is 7.56. The monoisotopic (exact) mass is 316 g/mol. The van der Waals surface area contributed by atoms with Crippen LogP contribution >= 0.6 is 0 Å². The first-order chi connectivity index (χ1) is 11.1. The molecule has 23 heavy (non-hydrogen) atoms. The van der Waals surface area contributed by atoms with Gasteiger partial charge in [0.15, 0.2) is 0 Å². The van der Waals surface area contributed by atoms with Crippen molar-refractivity contribution in [1.29, 1.82) is 0 Å². The molecule has 130 valence electrons. The maximum atomic E-state index is 11.9. The van der Waals surface area contributed by atoms with Crippen LogP contribution in [0.4, 0.5) is 0 Å². The van der Waals surface area contributed by atoms with Crippen LogP contribution in [0.2, 0.25) is 0 Å². The predicted molar refractivity (Wildman–Crippen MR) is 95.1 cm³/mol. The smallest absolute Gasteiger partial charge is 0.123 e. The fourth-order valence-electron chi connectivity index (χ4n) is 8.39. The van der Waals surface area contributed by atoms with E-state index in [0.29, 0.717) is 16.7 Å². The van der Waals surface area contributed by atoms with Gasteiger partial charge >= 0.3 is 0 Å². The third kappa shape index (κ3) is 2.07. The van der Waals surface area contributed by atoms with Crippen molar-refractivity contribution in [3.63, 3.8) is 0 Å². The van der Waals surface area contributed by atoms with Gasteiger partial charge < -0.3 is 4.79 Å². The summed E-state index contributed by atoms with van der Waals surface area (Å²) in [4.78, 5) is 11.9. The van der Waals surface area contributed by atoms with Crippen LogP contribution in [0.1, 0.15) is 85.0 Å². The van der Waals surface area contributed by atoms with Crippen molar-refractivity contribution in [2.24, 2.45) is 46.3 Å². The van der Waals surface area contributed by atoms with Crippen molar-refractivity contribution < 1.29 is 4.79 Å². The number of hydrogen-bond donors (Lipinski definition) is 0. The highest BCUT2D eigenvalue weighted by atomic mass is 16.1. The highest BCUT2D eigenvalue weighted by molar-refractivity contribution is 5.55. The van der Waals surface area contributed by atoms with Gasteiger partial charge in [-0.05, 0) is 91.8 Å². The summed E-state index contributed by atoms with van der Waals surface area (Å²) < 4.78 is 0. The fraction of sp³-hybridized carbons (Fsp3) is 0.955. The molecule has 2 unspecified atom stereocenters. The Bertz CT molecular complexity index is 471. The van der Waals surface area contributed by atoms with E-state index in [-0.39, 0.29) is 0 Å². The van der Waals surface area contributed by atoms with Gasteiger partial charge in [0.1, 0.15) is 6.29 Å². The van der Waals surface area contributed by atoms with E-state index >= 15 is 0 Å². The first-order valence-electron chi connectivity index (χ1n) is 10.5. The van der Waals surface area contributed by atoms with E-state index in [1.165, 1.54) is 70.5 Å². The lowest BCUT2D eigenvalue weighted by Crippen LogP contribution is -2.56. The van der Waals surface area contributed by atoms with E-state index in [1.807, 2.05) is 0 Å². The molecule has 0 aromatic carbocycles. The third-order valence-electron chi connectivity index (χ3n) is 9.68. The topological polar surface area (TPSA) is 17.1 Å². The van der Waals surface area contributed by atoms with Crippen molar-refractivity contribution in [2.75, 3.05) is 0 Å². The summed E-state index contributed by atoms with van der Waals surface area (Å²) in [6.07, 6.45) is 15.2. The van der Waals surface area contributed by atoms with Gasteiger partial charge in [0, 0.05) is 5.92 Å². The molecule has 0 bridgehead atoms. The number of carbonyl (C=O) groups excluding carboxylic acids is 1. The van der Waals surface area contributed by atoms with Crippen LogP contribution in [0.25, 0.3) is 0 Å². The highest BCUT2D eigenvalue weighted by Gasteiger charge is 2.61. The average molecular weight is 317 g/mol. The van der Waals surface area contributed by atoms with Gasteiger partial charge in [-0.1, -0.05) is 33.6 Å². The van der Waals surface area contributed by atoms with Crippen molar-refractivity contribution in [1.82, 2.24) is 0 Å². The minimum absolute atomic E-state index is 0.328. The SMILES string of the molecule is CC[C@H]1CC[C@H]2[C@@H]3CCC4CCCC(C=O)[C@]4(C)[C@H]3CC[C@]12C. The molecular weight excluding hydrogens is 280 g/mol. The number of rotatable bonds is 2. The lowest BCUT2D eigenvalue weighted by molar-refractivity contribution is -0.148. The van der Waals surface area contributed by atoms with E-state index in [1.54, 1.807) is 0 Å². The van der Waals surface area contributed by atoms with Crippen LogP contribution in [-0.4, -0.2) is 6.29 Å². The number of hydrogen-bond acceptors (Lipinski definition) is 1. The second-order valence-electron chi connectivity index (χ2n) is 9.92. The molecule has 0 aromatic rings. The van der Waals surface area contributed by atoms with Crippen LogP contribution in [-0.2, 0) is 4.79 Å². The highest BCUT2D eigenvalue weighted by Crippen LogP contribution is 2.68. The van der Waals surface area contributed by atoms with Gasteiger partial charge in [0.25, 0.3) is 0 Å². The van der Waals surface area contributed by atoms with Gasteiger partial charge in [0.2, 0.25) is 0 Å². The minimum atomic E-state index is 0.328. The molecule has 4 aliphatic rings. The van der Waals surface area contributed by atoms with Crippen molar-refractivity contribution >= 4 is 6.29 Å². The molecule has 4 rings (SSSR count). The Morgan fingerprint density at radius 1 is 0.957 bits per heavy atom. The number of aldehydes is 1. The number of carbonyl (C=O) groups is 1. The summed E-state index contributed by atoms with van der Waals surface area (Å²) in [6, 6.07) is 0. The van der Waals surface area contributed by atoms with Crippen molar-refractivity contribution in [2.45, 2.75) is 85.0 Å². The Morgan fingerprint density at radius 2 is 1.78 bits per heavy atom. The Hall–Kier alpha value is -0.330. The lowest BCUT2D eigenvalue weighted by atomic mass is 9.42. The molecule has 4 aliphatic carbocycles. The van der Waals surface area contributed by atoms with Crippen molar-refractivity contribution in [3.05, 3.63) is 0 Å². The fourth-order valence-corrected chi connectivity index (χ4v) is 8.39. The molecule has 1 nitrogen and oxygen atoms in total. The Kier molecular flexibility index (Phi) is 3.93. The van der Waals surface area contributed by atoms with Crippen molar-refractivity contribution in [3.8, 4) is 0 Å². The predicted octanol–water partition coefficient (Wildman–Crippen LogP) is 5.87. The van der Waals surface area contributed by atoms with Crippen LogP contribution in [0.3, 0.4) is 0 Å². The van der Waals surface area contributed by atoms with Crippen LogP contribution in [0.15, 0.2) is 0 Å². The van der Waals surface area contributed by atoms with Gasteiger partial charge in [-0.25, -0.2) is 0 Å². The van der Waals surface area contributed by atoms with E-state index in [2.05, 4.69) is 20.8 Å². The Labute approximate surface area is 143 Å². The molecule has 4 saturated carbocycles. The largest absolute Gasteiger partial charge is 0.303 e. The van der Waals surface area contributed by atoms with E-state index in [0.717, 1.165) is 29.6 Å². The van der Waals surface area contributed by atoms with Crippen LogP contribution < -0.4 is 0 Å². The second kappa shape index (κ2) is 5.60. The molecule has 8 atom stereocenters. The average Bonchev–Trinajstić information content (AvgIpc) is 2.90. The van der Waals surface area contributed by atoms with Crippen LogP contribution in [0, 0.1) is 46.3 Å². The van der Waals surface area contributed by atoms with Gasteiger partial charge in [0.05, 0.1) is 0 Å². The lowest BCUT2D eigenvalue weighted by Gasteiger charge is -2.62.